The molecule has 1 atom stereocenters. The highest BCUT2D eigenvalue weighted by Crippen LogP contribution is 2.32. The lowest BCUT2D eigenvalue weighted by molar-refractivity contribution is -0.132. The summed E-state index contributed by atoms with van der Waals surface area (Å²) in [6.45, 7) is 3.39. The van der Waals surface area contributed by atoms with E-state index in [1.807, 2.05) is 4.90 Å². The Morgan fingerprint density at radius 2 is 2.00 bits per heavy atom. The van der Waals surface area contributed by atoms with Crippen molar-refractivity contribution in [2.45, 2.75) is 38.7 Å². The summed E-state index contributed by atoms with van der Waals surface area (Å²) in [6.07, 6.45) is 1.94. The fraction of sp³-hybridized carbons (Fsp3) is 0.526. The Bertz CT molecular complexity index is 717. The summed E-state index contributed by atoms with van der Waals surface area (Å²) < 4.78 is 5.52. The number of anilines is 1. The molecule has 0 spiro atoms. The molecule has 2 amide bonds. The van der Waals surface area contributed by atoms with Gasteiger partial charge >= 0.3 is 0 Å². The number of rotatable bonds is 5. The van der Waals surface area contributed by atoms with Crippen LogP contribution < -0.4 is 15.8 Å². The van der Waals surface area contributed by atoms with Crippen LogP contribution in [0.25, 0.3) is 0 Å². The molecule has 148 valence electrons. The zero-order valence-corrected chi connectivity index (χ0v) is 16.2. The van der Waals surface area contributed by atoms with Crippen LogP contribution >= 0.6 is 12.4 Å². The van der Waals surface area contributed by atoms with E-state index in [4.69, 9.17) is 10.5 Å². The molecule has 0 saturated carbocycles. The SMILES string of the molecule is CC1Oc2ccc(C(=O)C3CCN(C(=O)CCCN)CC3)cc2NC1=O.Cl. The molecule has 1 fully saturated rings. The summed E-state index contributed by atoms with van der Waals surface area (Å²) in [6, 6.07) is 5.15. The van der Waals surface area contributed by atoms with Gasteiger partial charge in [0, 0.05) is 31.0 Å². The Balaban J connectivity index is 0.00000261. The maximum atomic E-state index is 12.8. The van der Waals surface area contributed by atoms with E-state index >= 15 is 0 Å². The topological polar surface area (TPSA) is 102 Å². The van der Waals surface area contributed by atoms with E-state index in [-0.39, 0.29) is 35.9 Å². The number of benzene rings is 1. The van der Waals surface area contributed by atoms with Crippen molar-refractivity contribution in [2.24, 2.45) is 11.7 Å². The van der Waals surface area contributed by atoms with E-state index in [1.54, 1.807) is 25.1 Å². The standard InChI is InChI=1S/C19H25N3O4.ClH/c1-12-19(25)21-15-11-14(4-5-16(15)26-12)18(24)13-6-9-22(10-7-13)17(23)3-2-8-20;/h4-5,11-13H,2-3,6-10,20H2,1H3,(H,21,25);1H. The van der Waals surface area contributed by atoms with Crippen LogP contribution in [0, 0.1) is 5.92 Å². The van der Waals surface area contributed by atoms with Gasteiger partial charge in [-0.25, -0.2) is 0 Å². The number of carbonyl (C=O) groups excluding carboxylic acids is 3. The van der Waals surface area contributed by atoms with Gasteiger partial charge < -0.3 is 20.7 Å². The number of halogens is 1. The molecular formula is C19H26ClN3O4. The second kappa shape index (κ2) is 9.19. The summed E-state index contributed by atoms with van der Waals surface area (Å²) in [5.41, 5.74) is 6.55. The number of likely N-dealkylation sites (tertiary alicyclic amines) is 1. The van der Waals surface area contributed by atoms with Gasteiger partial charge in [-0.1, -0.05) is 0 Å². The highest BCUT2D eigenvalue weighted by Gasteiger charge is 2.29. The third-order valence-corrected chi connectivity index (χ3v) is 5.01. The highest BCUT2D eigenvalue weighted by atomic mass is 35.5. The van der Waals surface area contributed by atoms with E-state index in [0.29, 0.717) is 62.3 Å². The number of Topliss-reactive ketones (excluding diaryl/α,β-unsaturated/α-hetero) is 1. The van der Waals surface area contributed by atoms with Gasteiger partial charge in [-0.15, -0.1) is 12.4 Å². The smallest absolute Gasteiger partial charge is 0.265 e. The van der Waals surface area contributed by atoms with Crippen LogP contribution in [0.5, 0.6) is 5.75 Å². The van der Waals surface area contributed by atoms with Crippen molar-refractivity contribution >= 4 is 35.7 Å². The average Bonchev–Trinajstić information content (AvgIpc) is 2.66. The first-order valence-corrected chi connectivity index (χ1v) is 9.13. The average molecular weight is 396 g/mol. The highest BCUT2D eigenvalue weighted by molar-refractivity contribution is 6.02. The van der Waals surface area contributed by atoms with Gasteiger partial charge in [0.05, 0.1) is 5.69 Å². The molecule has 8 heteroatoms. The summed E-state index contributed by atoms with van der Waals surface area (Å²) in [4.78, 5) is 38.4. The normalized spacial score (nSPS) is 19.4. The molecule has 2 aliphatic rings. The van der Waals surface area contributed by atoms with E-state index in [2.05, 4.69) is 5.32 Å². The van der Waals surface area contributed by atoms with Gasteiger partial charge in [0.2, 0.25) is 5.91 Å². The summed E-state index contributed by atoms with van der Waals surface area (Å²) in [5.74, 6) is 0.421. The Hall–Kier alpha value is -2.12. The number of nitrogens with two attached hydrogens (primary N) is 1. The van der Waals surface area contributed by atoms with Gasteiger partial charge in [-0.3, -0.25) is 14.4 Å². The monoisotopic (exact) mass is 395 g/mol. The molecule has 1 unspecified atom stereocenters. The third-order valence-electron chi connectivity index (χ3n) is 5.01. The van der Waals surface area contributed by atoms with Gasteiger partial charge in [-0.05, 0) is 50.9 Å². The minimum atomic E-state index is -0.537. The molecule has 27 heavy (non-hydrogen) atoms. The molecule has 2 heterocycles. The predicted octanol–water partition coefficient (Wildman–Crippen LogP) is 1.99. The van der Waals surface area contributed by atoms with Gasteiger partial charge in [0.15, 0.2) is 11.9 Å². The van der Waals surface area contributed by atoms with Crippen LogP contribution in [0.1, 0.15) is 43.0 Å². The third kappa shape index (κ3) is 4.78. The van der Waals surface area contributed by atoms with Crippen molar-refractivity contribution in [1.82, 2.24) is 4.90 Å². The van der Waals surface area contributed by atoms with Crippen LogP contribution in [-0.2, 0) is 9.59 Å². The molecule has 0 bridgehead atoms. The predicted molar refractivity (Wildman–Crippen MR) is 104 cm³/mol. The molecule has 1 aromatic carbocycles. The first-order chi connectivity index (χ1) is 12.5. The molecular weight excluding hydrogens is 370 g/mol. The first kappa shape index (κ1) is 21.2. The lowest BCUT2D eigenvalue weighted by Crippen LogP contribution is -2.40. The van der Waals surface area contributed by atoms with Crippen molar-refractivity contribution in [1.29, 1.82) is 0 Å². The second-order valence-electron chi connectivity index (χ2n) is 6.87. The van der Waals surface area contributed by atoms with E-state index < -0.39 is 6.10 Å². The number of carbonyl (C=O) groups is 3. The lowest BCUT2D eigenvalue weighted by Gasteiger charge is -2.31. The first-order valence-electron chi connectivity index (χ1n) is 9.13. The Morgan fingerprint density at radius 3 is 2.67 bits per heavy atom. The van der Waals surface area contributed by atoms with Gasteiger partial charge in [0.1, 0.15) is 5.75 Å². The number of ether oxygens (including phenoxy) is 1. The number of nitrogens with zero attached hydrogens (tertiary/aromatic N) is 1. The number of hydrogen-bond donors (Lipinski definition) is 2. The number of piperidine rings is 1. The maximum absolute atomic E-state index is 12.8. The van der Waals surface area contributed by atoms with Crippen LogP contribution in [0.15, 0.2) is 18.2 Å². The molecule has 1 saturated heterocycles. The largest absolute Gasteiger partial charge is 0.479 e. The van der Waals surface area contributed by atoms with Crippen LogP contribution in [0.2, 0.25) is 0 Å². The molecule has 2 aliphatic heterocycles. The van der Waals surface area contributed by atoms with E-state index in [1.165, 1.54) is 0 Å². The van der Waals surface area contributed by atoms with Crippen LogP contribution in [0.3, 0.4) is 0 Å². The minimum absolute atomic E-state index is 0. The second-order valence-corrected chi connectivity index (χ2v) is 6.87. The Labute approximate surface area is 165 Å². The van der Waals surface area contributed by atoms with Crippen LogP contribution in [0.4, 0.5) is 5.69 Å². The van der Waals surface area contributed by atoms with Crippen molar-refractivity contribution in [2.75, 3.05) is 25.0 Å². The number of nitrogens with one attached hydrogen (secondary N) is 1. The molecule has 0 radical (unpaired) electrons. The van der Waals surface area contributed by atoms with Crippen LogP contribution in [-0.4, -0.2) is 48.2 Å². The number of ketones is 1. The molecule has 1 aromatic rings. The molecule has 0 aromatic heterocycles. The van der Waals surface area contributed by atoms with Gasteiger partial charge in [-0.2, -0.15) is 0 Å². The fourth-order valence-electron chi connectivity index (χ4n) is 3.40. The molecule has 3 N–H and O–H groups in total. The van der Waals surface area contributed by atoms with Crippen molar-refractivity contribution in [3.8, 4) is 5.75 Å². The fourth-order valence-corrected chi connectivity index (χ4v) is 3.40. The number of fused-ring (bicyclic) bond motifs is 1. The lowest BCUT2D eigenvalue weighted by atomic mass is 9.88. The van der Waals surface area contributed by atoms with Gasteiger partial charge in [0.25, 0.3) is 5.91 Å². The number of amides is 2. The number of hydrogen-bond acceptors (Lipinski definition) is 5. The van der Waals surface area contributed by atoms with Crippen molar-refractivity contribution < 1.29 is 19.1 Å². The molecule has 7 nitrogen and oxygen atoms in total. The quantitative estimate of drug-likeness (QED) is 0.742. The van der Waals surface area contributed by atoms with E-state index in [9.17, 15) is 14.4 Å². The summed E-state index contributed by atoms with van der Waals surface area (Å²) >= 11 is 0. The van der Waals surface area contributed by atoms with Crippen molar-refractivity contribution in [3.63, 3.8) is 0 Å². The summed E-state index contributed by atoms with van der Waals surface area (Å²) in [7, 11) is 0. The maximum Gasteiger partial charge on any atom is 0.265 e. The Kier molecular flexibility index (Phi) is 7.21. The Morgan fingerprint density at radius 1 is 1.30 bits per heavy atom. The molecule has 0 aliphatic carbocycles. The zero-order valence-electron chi connectivity index (χ0n) is 15.4. The zero-order chi connectivity index (χ0) is 18.7. The molecule has 3 rings (SSSR count). The van der Waals surface area contributed by atoms with E-state index in [0.717, 1.165) is 0 Å². The summed E-state index contributed by atoms with van der Waals surface area (Å²) in [5, 5.41) is 2.77. The van der Waals surface area contributed by atoms with Crippen molar-refractivity contribution in [3.05, 3.63) is 23.8 Å². The minimum Gasteiger partial charge on any atom is -0.479 e.